The maximum atomic E-state index is 13.4. The molecular weight excluding hydrogens is 438 g/mol. The molecule has 0 saturated heterocycles. The number of nitrogens with zero attached hydrogens (tertiary/aromatic N) is 1. The van der Waals surface area contributed by atoms with E-state index in [9.17, 15) is 4.79 Å². The molecule has 1 aliphatic carbocycles. The lowest BCUT2D eigenvalue weighted by Gasteiger charge is -2.24. The number of rotatable bonds is 9. The van der Waals surface area contributed by atoms with E-state index in [0.717, 1.165) is 24.2 Å². The third-order valence-corrected chi connectivity index (χ3v) is 5.44. The zero-order valence-corrected chi connectivity index (χ0v) is 18.7. The molecule has 1 saturated carbocycles. The lowest BCUT2D eigenvalue weighted by Crippen LogP contribution is -2.32. The molecule has 6 nitrogen and oxygen atoms in total. The molecule has 3 rings (SSSR count). The van der Waals surface area contributed by atoms with Gasteiger partial charge in [-0.05, 0) is 60.0 Å². The Morgan fingerprint density at radius 2 is 1.79 bits per heavy atom. The van der Waals surface area contributed by atoms with Gasteiger partial charge in [0.2, 0.25) is 0 Å². The second kappa shape index (κ2) is 9.39. The molecule has 2 aromatic carbocycles. The average molecular weight is 464 g/mol. The number of methoxy groups -OCH3 is 3. The van der Waals surface area contributed by atoms with Crippen molar-refractivity contribution >= 4 is 21.8 Å². The molecule has 0 bridgehead atoms. The summed E-state index contributed by atoms with van der Waals surface area (Å²) in [6.07, 6.45) is 2.00. The third-order valence-electron chi connectivity index (χ3n) is 4.85. The van der Waals surface area contributed by atoms with Crippen LogP contribution in [0.25, 0.3) is 0 Å². The Balaban J connectivity index is 1.91. The fourth-order valence-corrected chi connectivity index (χ4v) is 3.77. The molecule has 0 heterocycles. The Hall–Kier alpha value is -2.41. The molecule has 0 radical (unpaired) electrons. The number of benzene rings is 2. The molecule has 1 amide bonds. The molecule has 2 aromatic rings. The van der Waals surface area contributed by atoms with Crippen LogP contribution in [-0.4, -0.2) is 44.8 Å². The van der Waals surface area contributed by atoms with E-state index in [2.05, 4.69) is 15.9 Å². The van der Waals surface area contributed by atoms with Crippen molar-refractivity contribution in [3.8, 4) is 23.0 Å². The van der Waals surface area contributed by atoms with E-state index in [4.69, 9.17) is 18.9 Å². The largest absolute Gasteiger partial charge is 0.497 e. The number of carbonyl (C=O) groups excluding carboxylic acids is 1. The number of carbonyl (C=O) groups is 1. The van der Waals surface area contributed by atoms with Crippen molar-refractivity contribution < 1.29 is 23.7 Å². The molecule has 156 valence electrons. The van der Waals surface area contributed by atoms with Crippen molar-refractivity contribution in [2.75, 3.05) is 27.9 Å². The van der Waals surface area contributed by atoms with Gasteiger partial charge >= 0.3 is 0 Å². The highest BCUT2D eigenvalue weighted by Crippen LogP contribution is 2.38. The molecule has 0 atom stereocenters. The molecule has 1 aliphatic rings. The summed E-state index contributed by atoms with van der Waals surface area (Å²) in [7, 11) is 4.81. The lowest BCUT2D eigenvalue weighted by atomic mass is 10.1. The lowest BCUT2D eigenvalue weighted by molar-refractivity contribution is 0.0728. The first-order chi connectivity index (χ1) is 14.0. The molecule has 29 heavy (non-hydrogen) atoms. The minimum atomic E-state index is -0.0487. The van der Waals surface area contributed by atoms with Gasteiger partial charge < -0.3 is 23.8 Å². The van der Waals surface area contributed by atoms with E-state index in [1.807, 2.05) is 30.0 Å². The van der Waals surface area contributed by atoms with Gasteiger partial charge in [-0.25, -0.2) is 0 Å². The predicted molar refractivity (Wildman–Crippen MR) is 114 cm³/mol. The summed E-state index contributed by atoms with van der Waals surface area (Å²) in [5, 5.41) is 0. The van der Waals surface area contributed by atoms with Gasteiger partial charge in [0.05, 0.1) is 32.4 Å². The van der Waals surface area contributed by atoms with Gasteiger partial charge in [-0.1, -0.05) is 0 Å². The van der Waals surface area contributed by atoms with Crippen molar-refractivity contribution in [3.63, 3.8) is 0 Å². The van der Waals surface area contributed by atoms with Gasteiger partial charge in [0.15, 0.2) is 11.5 Å². The Morgan fingerprint density at radius 3 is 2.38 bits per heavy atom. The summed E-state index contributed by atoms with van der Waals surface area (Å²) >= 11 is 3.51. The van der Waals surface area contributed by atoms with Crippen molar-refractivity contribution in [1.29, 1.82) is 0 Å². The Bertz CT molecular complexity index is 882. The summed E-state index contributed by atoms with van der Waals surface area (Å²) in [6, 6.07) is 9.40. The first-order valence-electron chi connectivity index (χ1n) is 9.54. The fraction of sp³-hybridized carbons (Fsp3) is 0.409. The van der Waals surface area contributed by atoms with Crippen LogP contribution in [0.1, 0.15) is 35.7 Å². The summed E-state index contributed by atoms with van der Waals surface area (Å²) in [6.45, 7) is 2.87. The van der Waals surface area contributed by atoms with Crippen molar-refractivity contribution in [3.05, 3.63) is 45.9 Å². The van der Waals surface area contributed by atoms with Crippen molar-refractivity contribution in [2.45, 2.75) is 32.4 Å². The highest BCUT2D eigenvalue weighted by atomic mass is 79.9. The normalized spacial score (nSPS) is 13.0. The van der Waals surface area contributed by atoms with Crippen LogP contribution >= 0.6 is 15.9 Å². The van der Waals surface area contributed by atoms with Gasteiger partial charge in [0, 0.05) is 29.8 Å². The predicted octanol–water partition coefficient (Wildman–Crippen LogP) is 4.68. The van der Waals surface area contributed by atoms with Gasteiger partial charge in [0.1, 0.15) is 11.5 Å². The first kappa shape index (κ1) is 21.3. The molecule has 0 N–H and O–H groups in total. The van der Waals surface area contributed by atoms with E-state index < -0.39 is 0 Å². The van der Waals surface area contributed by atoms with Gasteiger partial charge in [0.25, 0.3) is 5.91 Å². The molecule has 1 fully saturated rings. The van der Waals surface area contributed by atoms with Crippen LogP contribution in [0.4, 0.5) is 0 Å². The monoisotopic (exact) mass is 463 g/mol. The van der Waals surface area contributed by atoms with Gasteiger partial charge in [-0.2, -0.15) is 0 Å². The molecule has 0 aromatic heterocycles. The number of halogens is 1. The Kier molecular flexibility index (Phi) is 6.90. The summed E-state index contributed by atoms with van der Waals surface area (Å²) in [4.78, 5) is 15.3. The van der Waals surface area contributed by atoms with E-state index in [0.29, 0.717) is 40.4 Å². The fourth-order valence-electron chi connectivity index (χ4n) is 3.21. The average Bonchev–Trinajstić information content (AvgIpc) is 3.58. The summed E-state index contributed by atoms with van der Waals surface area (Å²) in [5.41, 5.74) is 1.49. The van der Waals surface area contributed by atoms with Crippen LogP contribution in [0.15, 0.2) is 34.8 Å². The smallest absolute Gasteiger partial charge is 0.254 e. The van der Waals surface area contributed by atoms with Gasteiger partial charge in [-0.3, -0.25) is 4.79 Å². The number of hydrogen-bond acceptors (Lipinski definition) is 5. The summed E-state index contributed by atoms with van der Waals surface area (Å²) < 4.78 is 22.6. The van der Waals surface area contributed by atoms with Crippen molar-refractivity contribution in [2.24, 2.45) is 0 Å². The van der Waals surface area contributed by atoms with Crippen LogP contribution in [0.5, 0.6) is 23.0 Å². The molecule has 7 heteroatoms. The minimum absolute atomic E-state index is 0.0487. The van der Waals surface area contributed by atoms with E-state index in [1.54, 1.807) is 33.5 Å². The van der Waals surface area contributed by atoms with Gasteiger partial charge in [-0.15, -0.1) is 0 Å². The van der Waals surface area contributed by atoms with Crippen molar-refractivity contribution in [1.82, 2.24) is 4.90 Å². The zero-order valence-electron chi connectivity index (χ0n) is 17.2. The maximum absolute atomic E-state index is 13.4. The number of ether oxygens (including phenoxy) is 4. The summed E-state index contributed by atoms with van der Waals surface area (Å²) in [5.74, 6) is 2.50. The first-order valence-corrected chi connectivity index (χ1v) is 10.3. The van der Waals surface area contributed by atoms with Crippen LogP contribution < -0.4 is 18.9 Å². The van der Waals surface area contributed by atoms with Crippen LogP contribution in [0.2, 0.25) is 0 Å². The highest BCUT2D eigenvalue weighted by Gasteiger charge is 2.34. The molecular formula is C22H26BrNO5. The topological polar surface area (TPSA) is 57.2 Å². The Labute approximate surface area is 179 Å². The minimum Gasteiger partial charge on any atom is -0.497 e. The molecule has 0 unspecified atom stereocenters. The van der Waals surface area contributed by atoms with Crippen LogP contribution in [-0.2, 0) is 6.54 Å². The van der Waals surface area contributed by atoms with E-state index in [-0.39, 0.29) is 11.9 Å². The standard InChI is InChI=1S/C22H26BrNO5/c1-5-29-21-18(23)10-15(11-20(21)28-4)22(25)24(16-7-8-16)13-14-6-9-17(26-2)12-19(14)27-3/h6,9-12,16H,5,7-8,13H2,1-4H3. The third kappa shape index (κ3) is 4.78. The van der Waals surface area contributed by atoms with Crippen LogP contribution in [0.3, 0.4) is 0 Å². The number of amides is 1. The highest BCUT2D eigenvalue weighted by molar-refractivity contribution is 9.10. The van der Waals surface area contributed by atoms with E-state index in [1.165, 1.54) is 0 Å². The second-order valence-corrected chi connectivity index (χ2v) is 7.62. The SMILES string of the molecule is CCOc1c(Br)cc(C(=O)N(Cc2ccc(OC)cc2OC)C2CC2)cc1OC. The number of hydrogen-bond donors (Lipinski definition) is 0. The van der Waals surface area contributed by atoms with Crippen LogP contribution in [0, 0.1) is 0 Å². The Morgan fingerprint density at radius 1 is 1.07 bits per heavy atom. The second-order valence-electron chi connectivity index (χ2n) is 6.76. The molecule has 0 aliphatic heterocycles. The molecule has 0 spiro atoms. The maximum Gasteiger partial charge on any atom is 0.254 e. The quantitative estimate of drug-likeness (QED) is 0.540. The van der Waals surface area contributed by atoms with E-state index >= 15 is 0 Å². The zero-order chi connectivity index (χ0) is 21.0.